The van der Waals surface area contributed by atoms with Crippen LogP contribution in [0.3, 0.4) is 0 Å². The largest absolute Gasteiger partial charge is 0.312 e. The van der Waals surface area contributed by atoms with Crippen molar-refractivity contribution in [3.8, 4) is 0 Å². The van der Waals surface area contributed by atoms with E-state index in [0.29, 0.717) is 0 Å². The van der Waals surface area contributed by atoms with Crippen LogP contribution < -0.4 is 5.32 Å². The van der Waals surface area contributed by atoms with Crippen LogP contribution in [0.25, 0.3) is 0 Å². The first-order valence-electron chi connectivity index (χ1n) is 7.86. The SMILES string of the molecule is CCCNC1CCCC1N(CC)C1CCCC1. The zero-order valence-corrected chi connectivity index (χ0v) is 11.8. The number of hydrogen-bond donors (Lipinski definition) is 1. The highest BCUT2D eigenvalue weighted by Crippen LogP contribution is 2.31. The summed E-state index contributed by atoms with van der Waals surface area (Å²) in [5.74, 6) is 0. The van der Waals surface area contributed by atoms with Gasteiger partial charge in [-0.15, -0.1) is 0 Å². The van der Waals surface area contributed by atoms with Crippen LogP contribution in [-0.4, -0.2) is 36.1 Å². The van der Waals surface area contributed by atoms with Gasteiger partial charge in [-0.1, -0.05) is 33.1 Å². The van der Waals surface area contributed by atoms with Gasteiger partial charge in [0.2, 0.25) is 0 Å². The van der Waals surface area contributed by atoms with Crippen LogP contribution in [0.1, 0.15) is 65.2 Å². The second-order valence-electron chi connectivity index (χ2n) is 5.83. The molecule has 0 heterocycles. The fraction of sp³-hybridized carbons (Fsp3) is 1.00. The summed E-state index contributed by atoms with van der Waals surface area (Å²) < 4.78 is 0. The first-order chi connectivity index (χ1) is 8.36. The molecule has 0 saturated heterocycles. The highest BCUT2D eigenvalue weighted by molar-refractivity contribution is 4.93. The van der Waals surface area contributed by atoms with E-state index in [9.17, 15) is 0 Å². The molecule has 2 heteroatoms. The average molecular weight is 238 g/mol. The lowest BCUT2D eigenvalue weighted by Crippen LogP contribution is -2.50. The van der Waals surface area contributed by atoms with Crippen LogP contribution in [0, 0.1) is 0 Å². The van der Waals surface area contributed by atoms with Gasteiger partial charge in [-0.3, -0.25) is 4.90 Å². The summed E-state index contributed by atoms with van der Waals surface area (Å²) in [5.41, 5.74) is 0. The van der Waals surface area contributed by atoms with Gasteiger partial charge in [0.05, 0.1) is 0 Å². The molecule has 0 bridgehead atoms. The molecule has 2 rings (SSSR count). The van der Waals surface area contributed by atoms with Gasteiger partial charge in [0.25, 0.3) is 0 Å². The smallest absolute Gasteiger partial charge is 0.0252 e. The van der Waals surface area contributed by atoms with Crippen molar-refractivity contribution < 1.29 is 0 Å². The van der Waals surface area contributed by atoms with E-state index in [1.165, 1.54) is 64.5 Å². The molecule has 0 aromatic carbocycles. The summed E-state index contributed by atoms with van der Waals surface area (Å²) in [7, 11) is 0. The summed E-state index contributed by atoms with van der Waals surface area (Å²) >= 11 is 0. The zero-order valence-electron chi connectivity index (χ0n) is 11.8. The summed E-state index contributed by atoms with van der Waals surface area (Å²) in [6, 6.07) is 2.50. The molecule has 2 saturated carbocycles. The van der Waals surface area contributed by atoms with E-state index in [-0.39, 0.29) is 0 Å². The van der Waals surface area contributed by atoms with Crippen LogP contribution in [0.4, 0.5) is 0 Å². The van der Waals surface area contributed by atoms with Gasteiger partial charge in [-0.25, -0.2) is 0 Å². The van der Waals surface area contributed by atoms with E-state index in [1.807, 2.05) is 0 Å². The molecule has 2 fully saturated rings. The number of hydrogen-bond acceptors (Lipinski definition) is 2. The van der Waals surface area contributed by atoms with E-state index in [0.717, 1.165) is 18.1 Å². The Morgan fingerprint density at radius 3 is 2.41 bits per heavy atom. The molecule has 2 aliphatic rings. The second-order valence-corrected chi connectivity index (χ2v) is 5.83. The molecule has 2 aliphatic carbocycles. The molecule has 2 atom stereocenters. The summed E-state index contributed by atoms with van der Waals surface area (Å²) in [4.78, 5) is 2.83. The molecule has 2 unspecified atom stereocenters. The number of nitrogens with zero attached hydrogens (tertiary/aromatic N) is 1. The maximum absolute atomic E-state index is 3.78. The minimum atomic E-state index is 0.774. The molecule has 100 valence electrons. The van der Waals surface area contributed by atoms with Crippen LogP contribution in [0.15, 0.2) is 0 Å². The van der Waals surface area contributed by atoms with Gasteiger partial charge in [-0.2, -0.15) is 0 Å². The highest BCUT2D eigenvalue weighted by atomic mass is 15.2. The predicted octanol–water partition coefficient (Wildman–Crippen LogP) is 3.17. The lowest BCUT2D eigenvalue weighted by Gasteiger charge is -2.37. The number of nitrogens with one attached hydrogen (secondary N) is 1. The normalized spacial score (nSPS) is 30.5. The Morgan fingerprint density at radius 2 is 1.76 bits per heavy atom. The topological polar surface area (TPSA) is 15.3 Å². The Hall–Kier alpha value is -0.0800. The van der Waals surface area contributed by atoms with Crippen molar-refractivity contribution in [2.45, 2.75) is 83.3 Å². The Kier molecular flexibility index (Phi) is 5.30. The summed E-state index contributed by atoms with van der Waals surface area (Å²) in [5, 5.41) is 3.78. The standard InChI is InChI=1S/C15H30N2/c1-3-12-16-14-10-7-11-15(14)17(4-2)13-8-5-6-9-13/h13-16H,3-12H2,1-2H3. The first-order valence-corrected chi connectivity index (χ1v) is 7.86. The molecular weight excluding hydrogens is 208 g/mol. The van der Waals surface area contributed by atoms with Crippen molar-refractivity contribution in [2.24, 2.45) is 0 Å². The number of likely N-dealkylation sites (N-methyl/N-ethyl adjacent to an activating group) is 1. The monoisotopic (exact) mass is 238 g/mol. The third kappa shape index (κ3) is 3.23. The van der Waals surface area contributed by atoms with Crippen molar-refractivity contribution in [1.29, 1.82) is 0 Å². The fourth-order valence-electron chi connectivity index (χ4n) is 3.90. The van der Waals surface area contributed by atoms with Crippen LogP contribution in [0.2, 0.25) is 0 Å². The zero-order chi connectivity index (χ0) is 12.1. The van der Waals surface area contributed by atoms with Crippen molar-refractivity contribution in [3.63, 3.8) is 0 Å². The van der Waals surface area contributed by atoms with Crippen LogP contribution in [-0.2, 0) is 0 Å². The maximum Gasteiger partial charge on any atom is 0.0252 e. The molecule has 0 spiro atoms. The lowest BCUT2D eigenvalue weighted by molar-refractivity contribution is 0.125. The molecule has 0 radical (unpaired) electrons. The Morgan fingerprint density at radius 1 is 1.00 bits per heavy atom. The maximum atomic E-state index is 3.78. The first kappa shape index (κ1) is 13.4. The van der Waals surface area contributed by atoms with Crippen molar-refractivity contribution in [2.75, 3.05) is 13.1 Å². The third-order valence-electron chi connectivity index (χ3n) is 4.72. The van der Waals surface area contributed by atoms with Gasteiger partial charge < -0.3 is 5.32 Å². The fourth-order valence-corrected chi connectivity index (χ4v) is 3.90. The van der Waals surface area contributed by atoms with Gasteiger partial charge in [0.1, 0.15) is 0 Å². The molecule has 0 aromatic rings. The van der Waals surface area contributed by atoms with Gasteiger partial charge in [0.15, 0.2) is 0 Å². The molecule has 0 aliphatic heterocycles. The number of rotatable bonds is 6. The van der Waals surface area contributed by atoms with E-state index in [2.05, 4.69) is 24.1 Å². The van der Waals surface area contributed by atoms with Crippen molar-refractivity contribution in [3.05, 3.63) is 0 Å². The van der Waals surface area contributed by atoms with E-state index < -0.39 is 0 Å². The lowest BCUT2D eigenvalue weighted by atomic mass is 10.1. The molecule has 2 nitrogen and oxygen atoms in total. The predicted molar refractivity (Wildman–Crippen MR) is 74.4 cm³/mol. The van der Waals surface area contributed by atoms with Gasteiger partial charge >= 0.3 is 0 Å². The van der Waals surface area contributed by atoms with Crippen molar-refractivity contribution >= 4 is 0 Å². The quantitative estimate of drug-likeness (QED) is 0.764. The van der Waals surface area contributed by atoms with Crippen LogP contribution >= 0.6 is 0 Å². The minimum Gasteiger partial charge on any atom is -0.312 e. The van der Waals surface area contributed by atoms with E-state index in [4.69, 9.17) is 0 Å². The van der Waals surface area contributed by atoms with Gasteiger partial charge in [0, 0.05) is 18.1 Å². The van der Waals surface area contributed by atoms with Gasteiger partial charge in [-0.05, 0) is 45.2 Å². The van der Waals surface area contributed by atoms with E-state index >= 15 is 0 Å². The third-order valence-corrected chi connectivity index (χ3v) is 4.72. The Labute approximate surface area is 107 Å². The average Bonchev–Trinajstić information content (AvgIpc) is 2.99. The van der Waals surface area contributed by atoms with Crippen LogP contribution in [0.5, 0.6) is 0 Å². The highest BCUT2D eigenvalue weighted by Gasteiger charge is 2.35. The molecule has 1 N–H and O–H groups in total. The molecule has 17 heavy (non-hydrogen) atoms. The van der Waals surface area contributed by atoms with E-state index in [1.54, 1.807) is 0 Å². The second kappa shape index (κ2) is 6.75. The summed E-state index contributed by atoms with van der Waals surface area (Å²) in [6.45, 7) is 7.07. The van der Waals surface area contributed by atoms with Crippen molar-refractivity contribution in [1.82, 2.24) is 10.2 Å². The molecule has 0 aromatic heterocycles. The summed E-state index contributed by atoms with van der Waals surface area (Å²) in [6.07, 6.45) is 11.3. The molecular formula is C15H30N2. The Bertz CT molecular complexity index is 211. The Balaban J connectivity index is 1.92. The minimum absolute atomic E-state index is 0.774. The molecule has 0 amide bonds.